The number of anilines is 1. The minimum Gasteiger partial charge on any atom is -0.416 e. The van der Waals surface area contributed by atoms with Crippen molar-refractivity contribution in [2.45, 2.75) is 71.0 Å². The minimum atomic E-state index is -1.75. The van der Waals surface area contributed by atoms with E-state index in [0.717, 1.165) is 25.6 Å². The lowest BCUT2D eigenvalue weighted by atomic mass is 9.99. The molecule has 1 fully saturated rings. The van der Waals surface area contributed by atoms with Crippen LogP contribution < -0.4 is 4.90 Å². The van der Waals surface area contributed by atoms with Crippen LogP contribution in [0.2, 0.25) is 16.6 Å². The highest BCUT2D eigenvalue weighted by molar-refractivity contribution is 6.77. The summed E-state index contributed by atoms with van der Waals surface area (Å²) < 4.78 is 6.79. The van der Waals surface area contributed by atoms with Crippen LogP contribution in [-0.4, -0.2) is 43.2 Å². The van der Waals surface area contributed by atoms with E-state index in [1.807, 2.05) is 0 Å². The lowest BCUT2D eigenvalue weighted by Gasteiger charge is -2.44. The molecule has 1 atom stereocenters. The molecule has 0 aliphatic carbocycles. The van der Waals surface area contributed by atoms with Crippen molar-refractivity contribution in [2.75, 3.05) is 24.6 Å². The van der Waals surface area contributed by atoms with E-state index in [1.54, 1.807) is 6.33 Å². The highest BCUT2D eigenvalue weighted by Crippen LogP contribution is 2.42. The fourth-order valence-electron chi connectivity index (χ4n) is 4.51. The number of hydrogen-bond acceptors (Lipinski definition) is 4. The molecule has 0 radical (unpaired) electrons. The van der Waals surface area contributed by atoms with Crippen LogP contribution in [0.25, 0.3) is 0 Å². The van der Waals surface area contributed by atoms with E-state index in [9.17, 15) is 0 Å². The summed E-state index contributed by atoms with van der Waals surface area (Å²) in [5.41, 5.74) is 1.95. The second-order valence-electron chi connectivity index (χ2n) is 7.89. The molecule has 1 saturated heterocycles. The third-order valence-corrected chi connectivity index (χ3v) is 11.6. The largest absolute Gasteiger partial charge is 0.416 e. The van der Waals surface area contributed by atoms with Crippen LogP contribution in [0.4, 0.5) is 5.95 Å². The molecule has 23 heavy (non-hydrogen) atoms. The van der Waals surface area contributed by atoms with Gasteiger partial charge in [-0.15, -0.1) is 0 Å². The van der Waals surface area contributed by atoms with Gasteiger partial charge in [0.2, 0.25) is 5.95 Å². The summed E-state index contributed by atoms with van der Waals surface area (Å²) in [5, 5.41) is 6.96. The second-order valence-corrected chi connectivity index (χ2v) is 13.4. The van der Waals surface area contributed by atoms with E-state index in [0.29, 0.717) is 22.5 Å². The van der Waals surface area contributed by atoms with Crippen molar-refractivity contribution in [1.82, 2.24) is 15.2 Å². The molecule has 1 aromatic rings. The summed E-state index contributed by atoms with van der Waals surface area (Å²) in [4.78, 5) is 6.61. The zero-order valence-electron chi connectivity index (χ0n) is 15.7. The first-order chi connectivity index (χ1) is 10.9. The number of nitrogens with one attached hydrogen (secondary N) is 1. The molecule has 1 aliphatic rings. The van der Waals surface area contributed by atoms with Crippen LogP contribution in [-0.2, 0) is 4.43 Å². The van der Waals surface area contributed by atoms with E-state index in [1.165, 1.54) is 12.8 Å². The molecule has 1 N–H and O–H groups in total. The summed E-state index contributed by atoms with van der Waals surface area (Å²) >= 11 is 0. The molecule has 132 valence electrons. The first kappa shape index (κ1) is 18.5. The maximum Gasteiger partial charge on any atom is 0.221 e. The topological polar surface area (TPSA) is 54.0 Å². The van der Waals surface area contributed by atoms with Crippen LogP contribution in [0.3, 0.4) is 0 Å². The van der Waals surface area contributed by atoms with Gasteiger partial charge >= 0.3 is 0 Å². The fraction of sp³-hybridized carbons (Fsp3) is 0.882. The minimum absolute atomic E-state index is 0.594. The van der Waals surface area contributed by atoms with E-state index < -0.39 is 8.32 Å². The Morgan fingerprint density at radius 1 is 1.22 bits per heavy atom. The summed E-state index contributed by atoms with van der Waals surface area (Å²) in [7, 11) is -1.75. The van der Waals surface area contributed by atoms with Gasteiger partial charge in [0.1, 0.15) is 6.33 Å². The molecule has 0 amide bonds. The Hall–Kier alpha value is -0.883. The van der Waals surface area contributed by atoms with E-state index in [4.69, 9.17) is 4.43 Å². The molecule has 5 nitrogen and oxygen atoms in total. The second kappa shape index (κ2) is 7.79. The van der Waals surface area contributed by atoms with Crippen LogP contribution >= 0.6 is 0 Å². The van der Waals surface area contributed by atoms with Gasteiger partial charge in [-0.25, -0.2) is 5.10 Å². The van der Waals surface area contributed by atoms with E-state index >= 15 is 0 Å². The first-order valence-corrected chi connectivity index (χ1v) is 11.3. The number of nitrogens with zero attached hydrogens (tertiary/aromatic N) is 3. The number of hydrogen-bond donors (Lipinski definition) is 1. The summed E-state index contributed by atoms with van der Waals surface area (Å²) in [6.07, 6.45) is 4.04. The molecule has 2 rings (SSSR count). The normalized spacial score (nSPS) is 20.0. The van der Waals surface area contributed by atoms with Crippen molar-refractivity contribution >= 4 is 14.3 Å². The van der Waals surface area contributed by atoms with Gasteiger partial charge in [0, 0.05) is 19.7 Å². The van der Waals surface area contributed by atoms with Gasteiger partial charge in [0.05, 0.1) is 0 Å². The highest BCUT2D eigenvalue weighted by atomic mass is 28.4. The Kier molecular flexibility index (Phi) is 6.25. The Bertz CT molecular complexity index is 439. The van der Waals surface area contributed by atoms with Crippen LogP contribution in [0.5, 0.6) is 0 Å². The van der Waals surface area contributed by atoms with Gasteiger partial charge in [-0.2, -0.15) is 10.1 Å². The Labute approximate surface area is 142 Å². The zero-order chi connectivity index (χ0) is 17.0. The van der Waals surface area contributed by atoms with Gasteiger partial charge < -0.3 is 9.33 Å². The van der Waals surface area contributed by atoms with Gasteiger partial charge in [-0.05, 0) is 35.4 Å². The number of aromatic amines is 1. The SMILES string of the molecule is CC(C)[Si](OC[C@H]1CCCN(c2ncn[nH]2)C1)(C(C)C)C(C)C. The van der Waals surface area contributed by atoms with Gasteiger partial charge in [0.15, 0.2) is 8.32 Å². The third kappa shape index (κ3) is 3.97. The summed E-state index contributed by atoms with van der Waals surface area (Å²) in [6, 6.07) is 0. The van der Waals surface area contributed by atoms with Crippen molar-refractivity contribution in [3.8, 4) is 0 Å². The quantitative estimate of drug-likeness (QED) is 0.757. The predicted octanol–water partition coefficient (Wildman–Crippen LogP) is 4.21. The molecule has 1 aromatic heterocycles. The average molecular weight is 339 g/mol. The number of rotatable bonds is 7. The van der Waals surface area contributed by atoms with Crippen LogP contribution in [0.15, 0.2) is 6.33 Å². The molecule has 0 bridgehead atoms. The predicted molar refractivity (Wildman–Crippen MR) is 98.3 cm³/mol. The monoisotopic (exact) mass is 338 g/mol. The van der Waals surface area contributed by atoms with Crippen LogP contribution in [0.1, 0.15) is 54.4 Å². The molecule has 0 saturated carbocycles. The summed E-state index contributed by atoms with van der Waals surface area (Å²) in [6.45, 7) is 17.1. The molecular formula is C17H34N4OSi. The van der Waals surface area contributed by atoms with Crippen LogP contribution in [0, 0.1) is 5.92 Å². The molecule has 0 spiro atoms. The average Bonchev–Trinajstić information content (AvgIpc) is 3.01. The Morgan fingerprint density at radius 3 is 2.39 bits per heavy atom. The fourth-order valence-corrected chi connectivity index (χ4v) is 10.0. The van der Waals surface area contributed by atoms with Crippen molar-refractivity contribution in [1.29, 1.82) is 0 Å². The molecule has 2 heterocycles. The lowest BCUT2D eigenvalue weighted by molar-refractivity contribution is 0.204. The first-order valence-electron chi connectivity index (χ1n) is 9.12. The molecule has 0 unspecified atom stereocenters. The number of piperidine rings is 1. The molecule has 0 aromatic carbocycles. The van der Waals surface area contributed by atoms with E-state index in [2.05, 4.69) is 61.6 Å². The third-order valence-electron chi connectivity index (χ3n) is 5.50. The highest BCUT2D eigenvalue weighted by Gasteiger charge is 2.45. The number of aromatic nitrogens is 3. The van der Waals surface area contributed by atoms with Gasteiger partial charge in [0.25, 0.3) is 0 Å². The molecule has 1 aliphatic heterocycles. The van der Waals surface area contributed by atoms with Crippen molar-refractivity contribution in [3.05, 3.63) is 6.33 Å². The van der Waals surface area contributed by atoms with Crippen molar-refractivity contribution < 1.29 is 4.43 Å². The summed E-state index contributed by atoms with van der Waals surface area (Å²) in [5.74, 6) is 1.49. The maximum absolute atomic E-state index is 6.79. The zero-order valence-corrected chi connectivity index (χ0v) is 16.7. The molecular weight excluding hydrogens is 304 g/mol. The Morgan fingerprint density at radius 2 is 1.87 bits per heavy atom. The maximum atomic E-state index is 6.79. The van der Waals surface area contributed by atoms with Gasteiger partial charge in [-0.3, -0.25) is 0 Å². The lowest BCUT2D eigenvalue weighted by Crippen LogP contribution is -2.49. The molecule has 6 heteroatoms. The van der Waals surface area contributed by atoms with Gasteiger partial charge in [-0.1, -0.05) is 41.5 Å². The van der Waals surface area contributed by atoms with Crippen molar-refractivity contribution in [3.63, 3.8) is 0 Å². The Balaban J connectivity index is 2.00. The smallest absolute Gasteiger partial charge is 0.221 e. The standard InChI is InChI=1S/C17H34N4OSi/c1-13(2)23(14(3)4,15(5)6)22-11-16-8-7-9-21(10-16)17-18-12-19-20-17/h12-16H,7-11H2,1-6H3,(H,18,19,20)/t16-/m0/s1. The van der Waals surface area contributed by atoms with E-state index in [-0.39, 0.29) is 0 Å². The number of H-pyrrole nitrogens is 1. The van der Waals surface area contributed by atoms with Crippen molar-refractivity contribution in [2.24, 2.45) is 5.92 Å².